The average Bonchev–Trinajstić information content (AvgIpc) is 2.52. The van der Waals surface area contributed by atoms with E-state index in [2.05, 4.69) is 16.6 Å². The third kappa shape index (κ3) is 3.36. The lowest BCUT2D eigenvalue weighted by molar-refractivity contribution is -0.121. The molecule has 0 aromatic rings. The van der Waals surface area contributed by atoms with Gasteiger partial charge in [-0.3, -0.25) is 10.1 Å². The highest BCUT2D eigenvalue weighted by atomic mass is 16.5. The van der Waals surface area contributed by atoms with E-state index >= 15 is 0 Å². The molecule has 78 valence electrons. The van der Waals surface area contributed by atoms with E-state index in [1.165, 1.54) is 0 Å². The number of carbonyl (C=O) groups excluding carboxylic acids is 1. The summed E-state index contributed by atoms with van der Waals surface area (Å²) in [6.07, 6.45) is 6.04. The van der Waals surface area contributed by atoms with E-state index in [9.17, 15) is 4.79 Å². The number of rotatable bonds is 4. The summed E-state index contributed by atoms with van der Waals surface area (Å²) in [4.78, 5) is 11.3. The summed E-state index contributed by atoms with van der Waals surface area (Å²) in [6, 6.07) is 0.148. The Balaban J connectivity index is 2.17. The van der Waals surface area contributed by atoms with Crippen molar-refractivity contribution in [2.24, 2.45) is 0 Å². The second-order valence-corrected chi connectivity index (χ2v) is 3.35. The van der Waals surface area contributed by atoms with Gasteiger partial charge in [0.25, 0.3) is 0 Å². The topological polar surface area (TPSA) is 50.4 Å². The lowest BCUT2D eigenvalue weighted by Gasteiger charge is -2.15. The zero-order chi connectivity index (χ0) is 10.4. The van der Waals surface area contributed by atoms with Gasteiger partial charge in [-0.15, -0.1) is 6.42 Å². The van der Waals surface area contributed by atoms with Crippen LogP contribution < -0.4 is 10.6 Å². The van der Waals surface area contributed by atoms with Crippen molar-refractivity contribution in [2.45, 2.75) is 25.5 Å². The zero-order valence-corrected chi connectivity index (χ0v) is 8.38. The molecule has 14 heavy (non-hydrogen) atoms. The Morgan fingerprint density at radius 3 is 3.07 bits per heavy atom. The Kier molecular flexibility index (Phi) is 4.44. The third-order valence-electron chi connectivity index (χ3n) is 2.24. The molecule has 0 aliphatic carbocycles. The Morgan fingerprint density at radius 2 is 2.50 bits per heavy atom. The molecule has 1 amide bonds. The smallest absolute Gasteiger partial charge is 0.234 e. The van der Waals surface area contributed by atoms with Gasteiger partial charge in [-0.25, -0.2) is 0 Å². The van der Waals surface area contributed by atoms with Crippen LogP contribution in [0.15, 0.2) is 0 Å². The maximum atomic E-state index is 11.3. The Hall–Kier alpha value is -1.05. The highest BCUT2D eigenvalue weighted by Crippen LogP contribution is 2.11. The third-order valence-corrected chi connectivity index (χ3v) is 2.24. The molecule has 0 aromatic heterocycles. The summed E-state index contributed by atoms with van der Waals surface area (Å²) in [5.41, 5.74) is 0. The summed E-state index contributed by atoms with van der Waals surface area (Å²) in [5.74, 6) is 2.38. The molecule has 1 fully saturated rings. The van der Waals surface area contributed by atoms with Gasteiger partial charge in [-0.2, -0.15) is 0 Å². The fourth-order valence-corrected chi connectivity index (χ4v) is 1.43. The first-order valence-corrected chi connectivity index (χ1v) is 4.79. The van der Waals surface area contributed by atoms with Crippen LogP contribution in [0.4, 0.5) is 0 Å². The molecule has 0 aromatic carbocycles. The first-order valence-electron chi connectivity index (χ1n) is 4.79. The van der Waals surface area contributed by atoms with Gasteiger partial charge < -0.3 is 10.1 Å². The van der Waals surface area contributed by atoms with Gasteiger partial charge in [0.15, 0.2) is 0 Å². The fraction of sp³-hybridized carbons (Fsp3) is 0.700. The van der Waals surface area contributed by atoms with Crippen LogP contribution in [0.25, 0.3) is 0 Å². The molecule has 0 bridgehead atoms. The van der Waals surface area contributed by atoms with Crippen molar-refractivity contribution in [3.05, 3.63) is 0 Å². The molecule has 4 nitrogen and oxygen atoms in total. The van der Waals surface area contributed by atoms with E-state index in [-0.39, 0.29) is 24.6 Å². The molecule has 2 unspecified atom stereocenters. The average molecular weight is 196 g/mol. The molecular weight excluding hydrogens is 180 g/mol. The van der Waals surface area contributed by atoms with Crippen molar-refractivity contribution >= 4 is 5.91 Å². The van der Waals surface area contributed by atoms with Gasteiger partial charge in [0.2, 0.25) is 5.91 Å². The second-order valence-electron chi connectivity index (χ2n) is 3.35. The minimum Gasteiger partial charge on any atom is -0.376 e. The molecule has 1 heterocycles. The number of hydrogen-bond donors (Lipinski definition) is 2. The maximum Gasteiger partial charge on any atom is 0.234 e. The first kappa shape index (κ1) is 11.0. The highest BCUT2D eigenvalue weighted by molar-refractivity contribution is 5.78. The van der Waals surface area contributed by atoms with E-state index < -0.39 is 0 Å². The van der Waals surface area contributed by atoms with Crippen molar-refractivity contribution in [1.29, 1.82) is 0 Å². The van der Waals surface area contributed by atoms with Crippen LogP contribution >= 0.6 is 0 Å². The second kappa shape index (κ2) is 5.63. The number of amides is 1. The largest absolute Gasteiger partial charge is 0.376 e. The van der Waals surface area contributed by atoms with Crippen LogP contribution in [0, 0.1) is 12.3 Å². The Morgan fingerprint density at radius 1 is 1.71 bits per heavy atom. The summed E-state index contributed by atoms with van der Waals surface area (Å²) in [5, 5.41) is 5.73. The predicted octanol–water partition coefficient (Wildman–Crippen LogP) is -0.497. The molecule has 1 aliphatic rings. The van der Waals surface area contributed by atoms with Crippen LogP contribution in [0.1, 0.15) is 13.3 Å². The normalized spacial score (nSPS) is 25.7. The standard InChI is InChI=1S/C10H16N2O2/c1-3-5-11-7-10(13)12-9-4-6-14-8(9)2/h1,8-9,11H,4-7H2,2H3,(H,12,13). The first-order chi connectivity index (χ1) is 6.74. The van der Waals surface area contributed by atoms with Crippen LogP contribution in [0.3, 0.4) is 0 Å². The quantitative estimate of drug-likeness (QED) is 0.471. The molecule has 0 saturated carbocycles. The zero-order valence-electron chi connectivity index (χ0n) is 8.38. The van der Waals surface area contributed by atoms with E-state index in [4.69, 9.17) is 11.2 Å². The van der Waals surface area contributed by atoms with Gasteiger partial charge >= 0.3 is 0 Å². The number of ether oxygens (including phenoxy) is 1. The molecule has 0 spiro atoms. The Bertz CT molecular complexity index is 235. The minimum atomic E-state index is -0.0254. The van der Waals surface area contributed by atoms with Crippen molar-refractivity contribution in [1.82, 2.24) is 10.6 Å². The van der Waals surface area contributed by atoms with Gasteiger partial charge in [-0.05, 0) is 13.3 Å². The lowest BCUT2D eigenvalue weighted by atomic mass is 10.1. The van der Waals surface area contributed by atoms with Crippen LogP contribution in [0.5, 0.6) is 0 Å². The Labute approximate surface area is 84.4 Å². The van der Waals surface area contributed by atoms with E-state index in [1.54, 1.807) is 0 Å². The maximum absolute atomic E-state index is 11.3. The van der Waals surface area contributed by atoms with E-state index in [0.29, 0.717) is 6.54 Å². The number of nitrogens with one attached hydrogen (secondary N) is 2. The van der Waals surface area contributed by atoms with Crippen molar-refractivity contribution < 1.29 is 9.53 Å². The van der Waals surface area contributed by atoms with Gasteiger partial charge in [-0.1, -0.05) is 5.92 Å². The monoisotopic (exact) mass is 196 g/mol. The van der Waals surface area contributed by atoms with Crippen molar-refractivity contribution in [2.75, 3.05) is 19.7 Å². The van der Waals surface area contributed by atoms with Crippen LogP contribution in [-0.2, 0) is 9.53 Å². The summed E-state index contributed by atoms with van der Waals surface area (Å²) >= 11 is 0. The number of carbonyl (C=O) groups is 1. The van der Waals surface area contributed by atoms with E-state index in [1.807, 2.05) is 6.92 Å². The van der Waals surface area contributed by atoms with Crippen molar-refractivity contribution in [3.63, 3.8) is 0 Å². The van der Waals surface area contributed by atoms with Crippen LogP contribution in [0.2, 0.25) is 0 Å². The molecule has 2 N–H and O–H groups in total. The van der Waals surface area contributed by atoms with Gasteiger partial charge in [0.1, 0.15) is 0 Å². The summed E-state index contributed by atoms with van der Waals surface area (Å²) < 4.78 is 5.32. The minimum absolute atomic E-state index is 0.0254. The van der Waals surface area contributed by atoms with Gasteiger partial charge in [0.05, 0.1) is 25.2 Å². The summed E-state index contributed by atoms with van der Waals surface area (Å²) in [7, 11) is 0. The lowest BCUT2D eigenvalue weighted by Crippen LogP contribution is -2.43. The predicted molar refractivity (Wildman–Crippen MR) is 53.7 cm³/mol. The number of terminal acetylenes is 1. The van der Waals surface area contributed by atoms with Gasteiger partial charge in [0, 0.05) is 6.61 Å². The van der Waals surface area contributed by atoms with Crippen molar-refractivity contribution in [3.8, 4) is 12.3 Å². The SMILES string of the molecule is C#CCNCC(=O)NC1CCOC1C. The molecule has 1 rings (SSSR count). The highest BCUT2D eigenvalue weighted by Gasteiger charge is 2.25. The fourth-order valence-electron chi connectivity index (χ4n) is 1.43. The molecule has 1 aliphatic heterocycles. The molecule has 0 radical (unpaired) electrons. The molecular formula is C10H16N2O2. The molecule has 1 saturated heterocycles. The van der Waals surface area contributed by atoms with Crippen LogP contribution in [-0.4, -0.2) is 37.7 Å². The number of hydrogen-bond acceptors (Lipinski definition) is 3. The molecule has 2 atom stereocenters. The van der Waals surface area contributed by atoms with E-state index in [0.717, 1.165) is 13.0 Å². The molecule has 4 heteroatoms. The summed E-state index contributed by atoms with van der Waals surface area (Å²) in [6.45, 7) is 3.38.